The van der Waals surface area contributed by atoms with Crippen molar-refractivity contribution >= 4 is 60.6 Å². The molecule has 0 saturated carbocycles. The summed E-state index contributed by atoms with van der Waals surface area (Å²) in [7, 11) is 0. The summed E-state index contributed by atoms with van der Waals surface area (Å²) in [5.41, 5.74) is 1.93. The number of carbonyl (C=O) groups is 1. The SMILES string of the molecule is CCC(CC)C(=O)/C=C(\O)C(CC)CC.Fc1cc2ccc3c4ccnc5c4c(cc3c2cc1F)Sc1cc2ccccc2[c-]c1-5.[Ir]. The van der Waals surface area contributed by atoms with Crippen LogP contribution in [0.25, 0.3) is 54.3 Å². The van der Waals surface area contributed by atoms with Crippen molar-refractivity contribution in [1.82, 2.24) is 4.98 Å². The van der Waals surface area contributed by atoms with E-state index in [2.05, 4.69) is 30.3 Å². The molecule has 0 saturated heterocycles. The Bertz CT molecular complexity index is 2150. The molecule has 7 rings (SSSR count). The van der Waals surface area contributed by atoms with Gasteiger partial charge in [-0.3, -0.25) is 9.78 Å². The second-order valence-electron chi connectivity index (χ2n) is 11.8. The first kappa shape index (κ1) is 34.7. The molecule has 5 aromatic carbocycles. The normalized spacial score (nSPS) is 12.4. The van der Waals surface area contributed by atoms with Gasteiger partial charge in [0.05, 0.1) is 5.76 Å². The van der Waals surface area contributed by atoms with Crippen LogP contribution in [-0.2, 0) is 24.9 Å². The molecule has 1 aliphatic heterocycles. The van der Waals surface area contributed by atoms with Crippen molar-refractivity contribution in [2.75, 3.05) is 0 Å². The second-order valence-corrected chi connectivity index (χ2v) is 12.9. The van der Waals surface area contributed by atoms with Crippen LogP contribution >= 0.6 is 11.8 Å². The van der Waals surface area contributed by atoms with Crippen molar-refractivity contribution in [3.05, 3.63) is 102 Å². The minimum absolute atomic E-state index is 0. The molecule has 6 aromatic rings. The van der Waals surface area contributed by atoms with Gasteiger partial charge in [-0.25, -0.2) is 8.78 Å². The molecule has 1 N–H and O–H groups in total. The van der Waals surface area contributed by atoms with Gasteiger partial charge in [0.2, 0.25) is 0 Å². The number of aliphatic hydroxyl groups excluding tert-OH is 1. The van der Waals surface area contributed by atoms with E-state index >= 15 is 0 Å². The third kappa shape index (κ3) is 6.59. The molecule has 243 valence electrons. The van der Waals surface area contributed by atoms with E-state index in [4.69, 9.17) is 4.98 Å². The summed E-state index contributed by atoms with van der Waals surface area (Å²) in [5, 5.41) is 17.4. The van der Waals surface area contributed by atoms with E-state index in [0.29, 0.717) is 10.8 Å². The largest absolute Gasteiger partial charge is 0.512 e. The molecule has 1 radical (unpaired) electrons. The van der Waals surface area contributed by atoms with Crippen LogP contribution in [0.15, 0.2) is 94.6 Å². The maximum Gasteiger partial charge on any atom is 0.162 e. The van der Waals surface area contributed by atoms with Crippen LogP contribution < -0.4 is 0 Å². The van der Waals surface area contributed by atoms with Crippen molar-refractivity contribution in [2.45, 2.75) is 63.2 Å². The van der Waals surface area contributed by atoms with Gasteiger partial charge in [0.25, 0.3) is 0 Å². The molecular weight excluding hydrogens is 789 g/mol. The number of rotatable bonds is 7. The number of allylic oxidation sites excluding steroid dienone is 2. The standard InChI is InChI=1S/C27H12F2NS.C13H24O2.Ir/c28-22-10-16-5-6-17-18-7-8-30-27-21-9-14-3-1-2-4-15(14)11-24(21)31-25(26(18)27)13-20(17)19(16)12-23(22)29;1-5-10(6-2)12(14)9-13(15)11(7-3)8-4;/h1-8,10-13H;9-11,14H,5-8H2,1-4H3;/q-1;;/b;12-9-;. The summed E-state index contributed by atoms with van der Waals surface area (Å²) < 4.78 is 27.9. The minimum Gasteiger partial charge on any atom is -0.512 e. The van der Waals surface area contributed by atoms with Gasteiger partial charge in [-0.15, -0.1) is 35.3 Å². The summed E-state index contributed by atoms with van der Waals surface area (Å²) in [6.45, 7) is 8.07. The third-order valence-corrected chi connectivity index (χ3v) is 10.2. The molecule has 1 aromatic heterocycles. The van der Waals surface area contributed by atoms with Gasteiger partial charge in [0.1, 0.15) is 0 Å². The van der Waals surface area contributed by atoms with E-state index in [1.54, 1.807) is 11.8 Å². The topological polar surface area (TPSA) is 50.2 Å². The molecule has 0 unspecified atom stereocenters. The van der Waals surface area contributed by atoms with Crippen LogP contribution in [0.2, 0.25) is 0 Å². The number of carbonyl (C=O) groups excluding carboxylic acids is 1. The summed E-state index contributed by atoms with van der Waals surface area (Å²) in [5.74, 6) is -1.11. The van der Waals surface area contributed by atoms with E-state index in [1.807, 2.05) is 64.2 Å². The molecule has 0 amide bonds. The predicted molar refractivity (Wildman–Crippen MR) is 186 cm³/mol. The number of ketones is 1. The van der Waals surface area contributed by atoms with Gasteiger partial charge >= 0.3 is 0 Å². The zero-order valence-corrected chi connectivity index (χ0v) is 30.0. The first-order valence-electron chi connectivity index (χ1n) is 16.0. The Morgan fingerprint density at radius 3 is 2.23 bits per heavy atom. The number of benzene rings is 5. The van der Waals surface area contributed by atoms with Crippen LogP contribution in [-0.4, -0.2) is 15.9 Å². The Balaban J connectivity index is 0.000000234. The predicted octanol–water partition coefficient (Wildman–Crippen LogP) is 11.8. The maximum absolute atomic E-state index is 14.1. The molecule has 7 heteroatoms. The van der Waals surface area contributed by atoms with Crippen molar-refractivity contribution in [3.63, 3.8) is 0 Å². The number of pyridine rings is 1. The van der Waals surface area contributed by atoms with E-state index in [-0.39, 0.29) is 43.5 Å². The Hall–Kier alpha value is -3.64. The van der Waals surface area contributed by atoms with Crippen LogP contribution in [0.4, 0.5) is 8.78 Å². The minimum atomic E-state index is -0.830. The molecule has 3 nitrogen and oxygen atoms in total. The van der Waals surface area contributed by atoms with Crippen molar-refractivity contribution in [1.29, 1.82) is 0 Å². The van der Waals surface area contributed by atoms with Crippen LogP contribution in [0.1, 0.15) is 53.4 Å². The Morgan fingerprint density at radius 1 is 0.809 bits per heavy atom. The van der Waals surface area contributed by atoms with E-state index in [0.717, 1.165) is 79.0 Å². The van der Waals surface area contributed by atoms with Gasteiger partial charge in [0.15, 0.2) is 17.4 Å². The fourth-order valence-corrected chi connectivity index (χ4v) is 7.60. The molecule has 0 atom stereocenters. The van der Waals surface area contributed by atoms with E-state index < -0.39 is 11.6 Å². The number of hydrogen-bond donors (Lipinski definition) is 1. The van der Waals surface area contributed by atoms with Gasteiger partial charge < -0.3 is 5.11 Å². The maximum atomic E-state index is 14.1. The summed E-state index contributed by atoms with van der Waals surface area (Å²) in [6, 6.07) is 24.4. The number of hydrogen-bond acceptors (Lipinski definition) is 4. The molecule has 1 aliphatic rings. The van der Waals surface area contributed by atoms with E-state index in [1.165, 1.54) is 18.2 Å². The molecular formula is C40H36F2IrNO2S-. The molecule has 0 aliphatic carbocycles. The van der Waals surface area contributed by atoms with E-state index in [9.17, 15) is 18.7 Å². The fraction of sp³-hybridized carbons (Fsp3) is 0.250. The molecule has 0 spiro atoms. The number of nitrogens with zero attached hydrogens (tertiary/aromatic N) is 1. The molecule has 2 heterocycles. The number of aliphatic hydroxyl groups is 1. The van der Waals surface area contributed by atoms with Crippen molar-refractivity contribution < 1.29 is 38.8 Å². The molecule has 47 heavy (non-hydrogen) atoms. The van der Waals surface area contributed by atoms with Crippen LogP contribution in [0.3, 0.4) is 0 Å². The van der Waals surface area contributed by atoms with Crippen LogP contribution in [0.5, 0.6) is 0 Å². The summed E-state index contributed by atoms with van der Waals surface area (Å²) in [4.78, 5) is 18.6. The van der Waals surface area contributed by atoms with Gasteiger partial charge in [-0.2, -0.15) is 0 Å². The average Bonchev–Trinajstić information content (AvgIpc) is 3.06. The van der Waals surface area contributed by atoms with Gasteiger partial charge in [0, 0.05) is 54.8 Å². The monoisotopic (exact) mass is 825 g/mol. The molecule has 0 fully saturated rings. The first-order chi connectivity index (χ1) is 22.3. The van der Waals surface area contributed by atoms with Gasteiger partial charge in [-0.1, -0.05) is 69.0 Å². The Kier molecular flexibility index (Phi) is 10.8. The quantitative estimate of drug-likeness (QED) is 0.0753. The number of aromatic nitrogens is 1. The number of fused-ring (bicyclic) bond motifs is 7. The fourth-order valence-electron chi connectivity index (χ4n) is 6.44. The summed E-state index contributed by atoms with van der Waals surface area (Å²) in [6.07, 6.45) is 6.72. The second kappa shape index (κ2) is 14.6. The van der Waals surface area contributed by atoms with Crippen molar-refractivity contribution in [3.8, 4) is 11.3 Å². The zero-order valence-electron chi connectivity index (χ0n) is 26.8. The third-order valence-electron chi connectivity index (χ3n) is 9.16. The Labute approximate surface area is 291 Å². The molecule has 0 bridgehead atoms. The van der Waals surface area contributed by atoms with Crippen molar-refractivity contribution in [2.24, 2.45) is 11.8 Å². The van der Waals surface area contributed by atoms with Crippen LogP contribution in [0, 0.1) is 29.5 Å². The number of halogens is 2. The smallest absolute Gasteiger partial charge is 0.162 e. The first-order valence-corrected chi connectivity index (χ1v) is 16.8. The van der Waals surface area contributed by atoms with Gasteiger partial charge in [-0.05, 0) is 87.2 Å². The average molecular weight is 825 g/mol. The Morgan fingerprint density at radius 2 is 1.51 bits per heavy atom. The summed E-state index contributed by atoms with van der Waals surface area (Å²) >= 11 is 1.68. The zero-order chi connectivity index (χ0) is 32.5.